The Bertz CT molecular complexity index is 381. The zero-order valence-electron chi connectivity index (χ0n) is 11.1. The van der Waals surface area contributed by atoms with Gasteiger partial charge < -0.3 is 10.0 Å². The number of aliphatic carboxylic acids is 1. The Morgan fingerprint density at radius 1 is 1.26 bits per heavy atom. The molecule has 1 aliphatic rings. The molecule has 1 amide bonds. The lowest BCUT2D eigenvalue weighted by Crippen LogP contribution is -2.48. The Balaban J connectivity index is 2.93. The summed E-state index contributed by atoms with van der Waals surface area (Å²) in [7, 11) is 0. The van der Waals surface area contributed by atoms with Crippen LogP contribution in [-0.2, 0) is 9.59 Å². The van der Waals surface area contributed by atoms with Gasteiger partial charge in [-0.05, 0) is 12.3 Å². The molecule has 1 N–H and O–H groups in total. The number of carboxylic acid groups (broad SMARTS) is 1. The first-order chi connectivity index (χ1) is 8.53. The molecule has 110 valence electrons. The van der Waals surface area contributed by atoms with Crippen LogP contribution in [0.3, 0.4) is 0 Å². The van der Waals surface area contributed by atoms with Crippen molar-refractivity contribution in [3.05, 3.63) is 0 Å². The largest absolute Gasteiger partial charge is 0.481 e. The van der Waals surface area contributed by atoms with Crippen molar-refractivity contribution in [2.24, 2.45) is 17.3 Å². The standard InChI is InChI=1S/C12H18F3NO3/c1-7(2)8(3)9(17)16-5-4-11(6-16,10(18)19)12(13,14)15/h7-8H,4-6H2,1-3H3,(H,18,19). The third-order valence-corrected chi connectivity index (χ3v) is 3.92. The van der Waals surface area contributed by atoms with Crippen molar-refractivity contribution in [2.75, 3.05) is 13.1 Å². The van der Waals surface area contributed by atoms with Crippen LogP contribution in [0.1, 0.15) is 27.2 Å². The minimum atomic E-state index is -4.85. The van der Waals surface area contributed by atoms with Gasteiger partial charge in [0.1, 0.15) is 0 Å². The SMILES string of the molecule is CC(C)C(C)C(=O)N1CCC(C(=O)O)(C(F)(F)F)C1. The van der Waals surface area contributed by atoms with Crippen molar-refractivity contribution < 1.29 is 27.9 Å². The summed E-state index contributed by atoms with van der Waals surface area (Å²) in [5.74, 6) is -2.74. The van der Waals surface area contributed by atoms with Crippen molar-refractivity contribution in [1.82, 2.24) is 4.90 Å². The minimum Gasteiger partial charge on any atom is -0.481 e. The number of likely N-dealkylation sites (tertiary alicyclic amines) is 1. The molecule has 1 fully saturated rings. The van der Waals surface area contributed by atoms with Gasteiger partial charge in [-0.3, -0.25) is 9.59 Å². The van der Waals surface area contributed by atoms with Crippen LogP contribution in [0.2, 0.25) is 0 Å². The van der Waals surface area contributed by atoms with Gasteiger partial charge in [-0.15, -0.1) is 0 Å². The maximum absolute atomic E-state index is 12.9. The zero-order valence-corrected chi connectivity index (χ0v) is 11.1. The van der Waals surface area contributed by atoms with E-state index in [9.17, 15) is 22.8 Å². The van der Waals surface area contributed by atoms with Crippen LogP contribution in [0.5, 0.6) is 0 Å². The van der Waals surface area contributed by atoms with Gasteiger partial charge >= 0.3 is 12.1 Å². The molecule has 0 aromatic rings. The van der Waals surface area contributed by atoms with E-state index in [1.54, 1.807) is 20.8 Å². The first-order valence-electron chi connectivity index (χ1n) is 6.12. The molecule has 1 heterocycles. The molecule has 0 bridgehead atoms. The van der Waals surface area contributed by atoms with Gasteiger partial charge in [0.15, 0.2) is 5.41 Å². The van der Waals surface area contributed by atoms with Crippen molar-refractivity contribution in [3.8, 4) is 0 Å². The van der Waals surface area contributed by atoms with E-state index in [2.05, 4.69) is 0 Å². The number of alkyl halides is 3. The molecule has 2 unspecified atom stereocenters. The van der Waals surface area contributed by atoms with Crippen LogP contribution in [0, 0.1) is 17.3 Å². The Morgan fingerprint density at radius 3 is 2.11 bits per heavy atom. The summed E-state index contributed by atoms with van der Waals surface area (Å²) in [6, 6.07) is 0. The van der Waals surface area contributed by atoms with Crippen molar-refractivity contribution in [3.63, 3.8) is 0 Å². The van der Waals surface area contributed by atoms with E-state index in [0.717, 1.165) is 4.90 Å². The molecule has 1 rings (SSSR count). The lowest BCUT2D eigenvalue weighted by molar-refractivity contribution is -0.227. The molecule has 0 aromatic heterocycles. The second-order valence-corrected chi connectivity index (χ2v) is 5.43. The fourth-order valence-corrected chi connectivity index (χ4v) is 2.10. The van der Waals surface area contributed by atoms with Crippen LogP contribution < -0.4 is 0 Å². The van der Waals surface area contributed by atoms with Gasteiger partial charge in [0, 0.05) is 19.0 Å². The Morgan fingerprint density at radius 2 is 1.79 bits per heavy atom. The minimum absolute atomic E-state index is 0.00165. The molecule has 0 aromatic carbocycles. The highest BCUT2D eigenvalue weighted by Crippen LogP contribution is 2.46. The number of halogens is 3. The monoisotopic (exact) mass is 281 g/mol. The van der Waals surface area contributed by atoms with Gasteiger partial charge in [0.25, 0.3) is 0 Å². The normalized spacial score (nSPS) is 25.7. The Kier molecular flexibility index (Phi) is 4.17. The predicted molar refractivity (Wildman–Crippen MR) is 61.3 cm³/mol. The van der Waals surface area contributed by atoms with E-state index < -0.39 is 42.4 Å². The van der Waals surface area contributed by atoms with E-state index >= 15 is 0 Å². The van der Waals surface area contributed by atoms with Crippen LogP contribution in [0.25, 0.3) is 0 Å². The number of hydrogen-bond acceptors (Lipinski definition) is 2. The summed E-state index contributed by atoms with van der Waals surface area (Å²) >= 11 is 0. The molecular formula is C12H18F3NO3. The molecule has 0 spiro atoms. The highest BCUT2D eigenvalue weighted by Gasteiger charge is 2.64. The highest BCUT2D eigenvalue weighted by atomic mass is 19.4. The summed E-state index contributed by atoms with van der Waals surface area (Å²) in [6.07, 6.45) is -5.43. The van der Waals surface area contributed by atoms with Crippen LogP contribution in [0.15, 0.2) is 0 Å². The maximum atomic E-state index is 12.9. The van der Waals surface area contributed by atoms with Crippen molar-refractivity contribution in [1.29, 1.82) is 0 Å². The fourth-order valence-electron chi connectivity index (χ4n) is 2.10. The van der Waals surface area contributed by atoms with E-state index in [1.165, 1.54) is 0 Å². The number of nitrogens with zero attached hydrogens (tertiary/aromatic N) is 1. The number of rotatable bonds is 3. The molecule has 1 aliphatic heterocycles. The van der Waals surface area contributed by atoms with Crippen LogP contribution >= 0.6 is 0 Å². The molecule has 0 saturated carbocycles. The van der Waals surface area contributed by atoms with Gasteiger partial charge in [-0.1, -0.05) is 20.8 Å². The summed E-state index contributed by atoms with van der Waals surface area (Å²) in [6.45, 7) is 4.28. The number of carbonyl (C=O) groups excluding carboxylic acids is 1. The van der Waals surface area contributed by atoms with E-state index in [-0.39, 0.29) is 12.5 Å². The molecule has 1 saturated heterocycles. The molecule has 0 radical (unpaired) electrons. The van der Waals surface area contributed by atoms with E-state index in [0.29, 0.717) is 0 Å². The third-order valence-electron chi connectivity index (χ3n) is 3.92. The summed E-state index contributed by atoms with van der Waals surface area (Å²) in [4.78, 5) is 24.0. The van der Waals surface area contributed by atoms with Crippen molar-refractivity contribution >= 4 is 11.9 Å². The molecule has 4 nitrogen and oxygen atoms in total. The topological polar surface area (TPSA) is 57.6 Å². The number of carboxylic acids is 1. The zero-order chi connectivity index (χ0) is 15.0. The first kappa shape index (κ1) is 15.8. The summed E-state index contributed by atoms with van der Waals surface area (Å²) in [5, 5.41) is 8.89. The Labute approximate surface area is 109 Å². The maximum Gasteiger partial charge on any atom is 0.406 e. The molecule has 7 heteroatoms. The number of hydrogen-bond donors (Lipinski definition) is 1. The molecular weight excluding hydrogens is 263 g/mol. The molecule has 2 atom stereocenters. The fraction of sp³-hybridized carbons (Fsp3) is 0.833. The first-order valence-corrected chi connectivity index (χ1v) is 6.12. The third kappa shape index (κ3) is 2.69. The van der Waals surface area contributed by atoms with Gasteiger partial charge in [-0.25, -0.2) is 0 Å². The quantitative estimate of drug-likeness (QED) is 0.862. The predicted octanol–water partition coefficient (Wildman–Crippen LogP) is 2.14. The van der Waals surface area contributed by atoms with Crippen LogP contribution in [-0.4, -0.2) is 41.1 Å². The summed E-state index contributed by atoms with van der Waals surface area (Å²) in [5.41, 5.74) is -2.82. The van der Waals surface area contributed by atoms with Gasteiger partial charge in [0.2, 0.25) is 5.91 Å². The van der Waals surface area contributed by atoms with Gasteiger partial charge in [0.05, 0.1) is 0 Å². The number of carbonyl (C=O) groups is 2. The second-order valence-electron chi connectivity index (χ2n) is 5.43. The summed E-state index contributed by atoms with van der Waals surface area (Å²) < 4.78 is 38.8. The Hall–Kier alpha value is -1.27. The lowest BCUT2D eigenvalue weighted by Gasteiger charge is -2.28. The lowest BCUT2D eigenvalue weighted by atomic mass is 9.86. The van der Waals surface area contributed by atoms with E-state index in [1.807, 2.05) is 0 Å². The number of amides is 1. The average molecular weight is 281 g/mol. The highest BCUT2D eigenvalue weighted by molar-refractivity contribution is 5.82. The van der Waals surface area contributed by atoms with Crippen LogP contribution in [0.4, 0.5) is 13.2 Å². The average Bonchev–Trinajstić information content (AvgIpc) is 2.72. The van der Waals surface area contributed by atoms with E-state index in [4.69, 9.17) is 5.11 Å². The second kappa shape index (κ2) is 5.02. The molecule has 0 aliphatic carbocycles. The smallest absolute Gasteiger partial charge is 0.406 e. The van der Waals surface area contributed by atoms with Gasteiger partial charge in [-0.2, -0.15) is 13.2 Å². The molecule has 19 heavy (non-hydrogen) atoms. The van der Waals surface area contributed by atoms with Crippen molar-refractivity contribution in [2.45, 2.75) is 33.4 Å².